The highest BCUT2D eigenvalue weighted by Crippen LogP contribution is 2.33. The second-order valence-electron chi connectivity index (χ2n) is 3.87. The van der Waals surface area contributed by atoms with Crippen molar-refractivity contribution in [1.82, 2.24) is 9.97 Å². The number of nitrogens with one attached hydrogen (secondary N) is 1. The van der Waals surface area contributed by atoms with Gasteiger partial charge < -0.3 is 5.32 Å². The van der Waals surface area contributed by atoms with E-state index in [-0.39, 0.29) is 0 Å². The maximum atomic E-state index is 4.54. The second-order valence-corrected chi connectivity index (χ2v) is 5.98. The topological polar surface area (TPSA) is 37.8 Å². The molecule has 1 N–H and O–H groups in total. The van der Waals surface area contributed by atoms with E-state index in [2.05, 4.69) is 44.2 Å². The van der Waals surface area contributed by atoms with Gasteiger partial charge in [-0.05, 0) is 42.8 Å². The Balaban J connectivity index is 2.56. The fourth-order valence-electron chi connectivity index (χ4n) is 1.55. The Morgan fingerprint density at radius 3 is 2.47 bits per heavy atom. The minimum Gasteiger partial charge on any atom is -0.373 e. The second kappa shape index (κ2) is 4.74. The highest BCUT2D eigenvalue weighted by atomic mass is 79.9. The van der Waals surface area contributed by atoms with Gasteiger partial charge in [0.15, 0.2) is 5.82 Å². The molecule has 0 fully saturated rings. The lowest BCUT2D eigenvalue weighted by Crippen LogP contribution is -2.02. The maximum Gasteiger partial charge on any atom is 0.171 e. The lowest BCUT2D eigenvalue weighted by atomic mass is 10.2. The molecule has 0 atom stereocenters. The Morgan fingerprint density at radius 2 is 1.94 bits per heavy atom. The van der Waals surface area contributed by atoms with E-state index >= 15 is 0 Å². The van der Waals surface area contributed by atoms with Gasteiger partial charge in [0.05, 0.1) is 4.88 Å². The fourth-order valence-corrected chi connectivity index (χ4v) is 3.02. The summed E-state index contributed by atoms with van der Waals surface area (Å²) in [5.74, 6) is 1.69. The van der Waals surface area contributed by atoms with Gasteiger partial charge in [-0.3, -0.25) is 0 Å². The molecule has 0 saturated carbocycles. The third-order valence-electron chi connectivity index (χ3n) is 2.70. The molecule has 0 unspecified atom stereocenters. The van der Waals surface area contributed by atoms with E-state index in [1.807, 2.05) is 20.9 Å². The Labute approximate surface area is 113 Å². The molecule has 0 bridgehead atoms. The summed E-state index contributed by atoms with van der Waals surface area (Å²) in [6, 6.07) is 2.07. The van der Waals surface area contributed by atoms with E-state index in [1.54, 1.807) is 11.3 Å². The van der Waals surface area contributed by atoms with Gasteiger partial charge in [-0.2, -0.15) is 0 Å². The number of rotatable bonds is 2. The molecule has 17 heavy (non-hydrogen) atoms. The average Bonchev–Trinajstić information content (AvgIpc) is 2.63. The van der Waals surface area contributed by atoms with Gasteiger partial charge in [-0.1, -0.05) is 0 Å². The minimum atomic E-state index is 0.788. The Bertz CT molecular complexity index is 544. The smallest absolute Gasteiger partial charge is 0.171 e. The molecule has 0 spiro atoms. The summed E-state index contributed by atoms with van der Waals surface area (Å²) < 4.78 is 1.12. The molecule has 0 aliphatic heterocycles. The zero-order valence-corrected chi connectivity index (χ0v) is 12.7. The van der Waals surface area contributed by atoms with Crippen LogP contribution in [0, 0.1) is 20.8 Å². The van der Waals surface area contributed by atoms with Crippen LogP contribution in [-0.2, 0) is 0 Å². The van der Waals surface area contributed by atoms with Gasteiger partial charge in [-0.15, -0.1) is 11.3 Å². The number of halogens is 1. The van der Waals surface area contributed by atoms with Crippen molar-refractivity contribution >= 4 is 33.1 Å². The molecule has 2 heterocycles. The lowest BCUT2D eigenvalue weighted by Gasteiger charge is -2.08. The van der Waals surface area contributed by atoms with Crippen molar-refractivity contribution in [2.45, 2.75) is 20.8 Å². The predicted molar refractivity (Wildman–Crippen MR) is 76.8 cm³/mol. The number of aryl methyl sites for hydroxylation is 2. The molecule has 0 aliphatic rings. The molecular formula is C12H14BrN3S. The molecule has 2 aromatic heterocycles. The summed E-state index contributed by atoms with van der Waals surface area (Å²) in [6.45, 7) is 6.12. The van der Waals surface area contributed by atoms with Crippen molar-refractivity contribution in [3.05, 3.63) is 26.7 Å². The Kier molecular flexibility index (Phi) is 3.49. The van der Waals surface area contributed by atoms with Gasteiger partial charge in [-0.25, -0.2) is 9.97 Å². The Hall–Kier alpha value is -0.940. The SMILES string of the molecule is CNc1nc(-c2cc(Br)c(C)s2)nc(C)c1C. The van der Waals surface area contributed by atoms with Crippen molar-refractivity contribution in [2.75, 3.05) is 12.4 Å². The molecule has 5 heteroatoms. The summed E-state index contributed by atoms with van der Waals surface area (Å²) in [6.07, 6.45) is 0. The highest BCUT2D eigenvalue weighted by Gasteiger charge is 2.11. The minimum absolute atomic E-state index is 0.788. The average molecular weight is 312 g/mol. The number of anilines is 1. The van der Waals surface area contributed by atoms with E-state index in [0.717, 1.165) is 32.2 Å². The number of nitrogens with zero attached hydrogens (tertiary/aromatic N) is 2. The van der Waals surface area contributed by atoms with Crippen LogP contribution in [0.4, 0.5) is 5.82 Å². The number of thiophene rings is 1. The number of hydrogen-bond acceptors (Lipinski definition) is 4. The largest absolute Gasteiger partial charge is 0.373 e. The zero-order chi connectivity index (χ0) is 12.6. The molecule has 90 valence electrons. The van der Waals surface area contributed by atoms with Crippen LogP contribution in [0.3, 0.4) is 0 Å². The fraction of sp³-hybridized carbons (Fsp3) is 0.333. The van der Waals surface area contributed by atoms with Crippen LogP contribution < -0.4 is 5.32 Å². The van der Waals surface area contributed by atoms with Crippen LogP contribution in [0.15, 0.2) is 10.5 Å². The van der Waals surface area contributed by atoms with E-state index in [0.29, 0.717) is 0 Å². The first kappa shape index (κ1) is 12.5. The van der Waals surface area contributed by atoms with Crippen LogP contribution in [0.5, 0.6) is 0 Å². The third kappa shape index (κ3) is 2.35. The summed E-state index contributed by atoms with van der Waals surface area (Å²) in [5, 5.41) is 3.11. The Morgan fingerprint density at radius 1 is 1.24 bits per heavy atom. The van der Waals surface area contributed by atoms with E-state index < -0.39 is 0 Å². The number of hydrogen-bond donors (Lipinski definition) is 1. The van der Waals surface area contributed by atoms with Crippen LogP contribution in [0.25, 0.3) is 10.7 Å². The van der Waals surface area contributed by atoms with Gasteiger partial charge in [0.1, 0.15) is 5.82 Å². The van der Waals surface area contributed by atoms with Crippen molar-refractivity contribution in [3.8, 4) is 10.7 Å². The van der Waals surface area contributed by atoms with E-state index in [9.17, 15) is 0 Å². The van der Waals surface area contributed by atoms with Gasteiger partial charge in [0, 0.05) is 27.7 Å². The maximum absolute atomic E-state index is 4.54. The van der Waals surface area contributed by atoms with E-state index in [4.69, 9.17) is 0 Å². The van der Waals surface area contributed by atoms with Crippen LogP contribution >= 0.6 is 27.3 Å². The zero-order valence-electron chi connectivity index (χ0n) is 10.3. The number of aromatic nitrogens is 2. The molecule has 0 aliphatic carbocycles. The predicted octanol–water partition coefficient (Wildman–Crippen LogP) is 3.93. The van der Waals surface area contributed by atoms with Gasteiger partial charge in [0.2, 0.25) is 0 Å². The van der Waals surface area contributed by atoms with Crippen LogP contribution in [-0.4, -0.2) is 17.0 Å². The van der Waals surface area contributed by atoms with Crippen molar-refractivity contribution in [1.29, 1.82) is 0 Å². The van der Waals surface area contributed by atoms with Gasteiger partial charge in [0.25, 0.3) is 0 Å². The van der Waals surface area contributed by atoms with Crippen LogP contribution in [0.2, 0.25) is 0 Å². The lowest BCUT2D eigenvalue weighted by molar-refractivity contribution is 1.07. The molecular weight excluding hydrogens is 298 g/mol. The summed E-state index contributed by atoms with van der Waals surface area (Å²) in [7, 11) is 1.88. The first-order valence-electron chi connectivity index (χ1n) is 5.32. The van der Waals surface area contributed by atoms with Crippen molar-refractivity contribution < 1.29 is 0 Å². The molecule has 2 rings (SSSR count). The van der Waals surface area contributed by atoms with Crippen LogP contribution in [0.1, 0.15) is 16.1 Å². The molecule has 0 amide bonds. The highest BCUT2D eigenvalue weighted by molar-refractivity contribution is 9.10. The molecule has 3 nitrogen and oxygen atoms in total. The molecule has 0 radical (unpaired) electrons. The molecule has 2 aromatic rings. The van der Waals surface area contributed by atoms with Crippen molar-refractivity contribution in [3.63, 3.8) is 0 Å². The summed E-state index contributed by atoms with van der Waals surface area (Å²) in [5.41, 5.74) is 2.12. The quantitative estimate of drug-likeness (QED) is 0.913. The van der Waals surface area contributed by atoms with Gasteiger partial charge >= 0.3 is 0 Å². The standard InChI is InChI=1S/C12H14BrN3S/c1-6-7(2)15-12(16-11(6)14-4)10-5-9(13)8(3)17-10/h5H,1-4H3,(H,14,15,16). The molecule has 0 aromatic carbocycles. The monoisotopic (exact) mass is 311 g/mol. The first-order chi connectivity index (χ1) is 8.02. The third-order valence-corrected chi connectivity index (χ3v) is 4.84. The van der Waals surface area contributed by atoms with Crippen molar-refractivity contribution in [2.24, 2.45) is 0 Å². The normalized spacial score (nSPS) is 10.6. The summed E-state index contributed by atoms with van der Waals surface area (Å²) in [4.78, 5) is 11.4. The summed E-state index contributed by atoms with van der Waals surface area (Å²) >= 11 is 5.22. The first-order valence-corrected chi connectivity index (χ1v) is 6.93. The molecule has 0 saturated heterocycles. The van der Waals surface area contributed by atoms with E-state index in [1.165, 1.54) is 4.88 Å².